The fourth-order valence-electron chi connectivity index (χ4n) is 2.35. The number of nitrogens with one attached hydrogen (secondary N) is 1. The van der Waals surface area contributed by atoms with Crippen molar-refractivity contribution in [3.8, 4) is 5.69 Å². The van der Waals surface area contributed by atoms with Crippen LogP contribution in [0.5, 0.6) is 0 Å². The molecule has 1 aromatic carbocycles. The Kier molecular flexibility index (Phi) is 5.16. The van der Waals surface area contributed by atoms with Gasteiger partial charge in [0.05, 0.1) is 11.3 Å². The summed E-state index contributed by atoms with van der Waals surface area (Å²) in [7, 11) is 0. The highest BCUT2D eigenvalue weighted by atomic mass is 19.4. The number of aryl methyl sites for hydroxylation is 1. The summed E-state index contributed by atoms with van der Waals surface area (Å²) in [5.74, 6) is -19.2. The first-order valence-electron chi connectivity index (χ1n) is 7.23. The zero-order valence-corrected chi connectivity index (χ0v) is 13.4. The van der Waals surface area contributed by atoms with Crippen molar-refractivity contribution in [1.29, 1.82) is 0 Å². The third-order valence-corrected chi connectivity index (χ3v) is 3.86. The van der Waals surface area contributed by atoms with Crippen LogP contribution in [-0.4, -0.2) is 39.1 Å². The van der Waals surface area contributed by atoms with E-state index in [1.807, 2.05) is 0 Å². The quantitative estimate of drug-likeness (QED) is 0.722. The lowest BCUT2D eigenvalue weighted by Crippen LogP contribution is -2.60. The number of para-hydroxylation sites is 1. The van der Waals surface area contributed by atoms with Gasteiger partial charge in [0.2, 0.25) is 0 Å². The maximum absolute atomic E-state index is 13.9. The average Bonchev–Trinajstić information content (AvgIpc) is 2.88. The van der Waals surface area contributed by atoms with Gasteiger partial charge < -0.3 is 5.11 Å². The summed E-state index contributed by atoms with van der Waals surface area (Å²) in [5, 5.41) is 11.8. The molecule has 0 saturated carbocycles. The van der Waals surface area contributed by atoms with Gasteiger partial charge in [0, 0.05) is 5.69 Å². The lowest BCUT2D eigenvalue weighted by Gasteiger charge is -2.34. The number of nitrogens with zero attached hydrogens (tertiary/aromatic N) is 1. The molecule has 2 N–H and O–H groups in total. The van der Waals surface area contributed by atoms with Gasteiger partial charge in [0.15, 0.2) is 6.10 Å². The van der Waals surface area contributed by atoms with Crippen molar-refractivity contribution in [2.45, 2.75) is 37.2 Å². The maximum atomic E-state index is 13.9. The summed E-state index contributed by atoms with van der Waals surface area (Å²) < 4.78 is 106. The normalized spacial score (nSPS) is 14.6. The van der Waals surface area contributed by atoms with Crippen molar-refractivity contribution in [2.75, 3.05) is 0 Å². The van der Waals surface area contributed by atoms with Gasteiger partial charge in [-0.1, -0.05) is 18.2 Å². The molecule has 0 amide bonds. The first-order chi connectivity index (χ1) is 12.3. The Hall–Kier alpha value is -2.37. The minimum Gasteiger partial charge on any atom is -0.382 e. The van der Waals surface area contributed by atoms with Crippen LogP contribution in [0.15, 0.2) is 35.1 Å². The molecule has 150 valence electrons. The summed E-state index contributed by atoms with van der Waals surface area (Å²) in [6.45, 7) is 0.943. The van der Waals surface area contributed by atoms with Crippen molar-refractivity contribution in [2.24, 2.45) is 0 Å². The SMILES string of the molecule is Cc1[nH]n(-c2ccccc2)c(=O)c1C(O)C(F)(F)C(F)(F)C(F)(F)C(F)F. The highest BCUT2D eigenvalue weighted by Gasteiger charge is 2.77. The Morgan fingerprint density at radius 2 is 1.52 bits per heavy atom. The van der Waals surface area contributed by atoms with Crippen LogP contribution >= 0.6 is 0 Å². The van der Waals surface area contributed by atoms with Gasteiger partial charge >= 0.3 is 24.2 Å². The van der Waals surface area contributed by atoms with Crippen LogP contribution < -0.4 is 5.56 Å². The molecule has 12 heteroatoms. The van der Waals surface area contributed by atoms with Crippen molar-refractivity contribution >= 4 is 0 Å². The second-order valence-electron chi connectivity index (χ2n) is 5.65. The molecule has 0 fully saturated rings. The summed E-state index contributed by atoms with van der Waals surface area (Å²) in [5.41, 5.74) is -3.25. The summed E-state index contributed by atoms with van der Waals surface area (Å²) in [4.78, 5) is 12.2. The minimum atomic E-state index is -6.64. The van der Waals surface area contributed by atoms with E-state index < -0.39 is 47.1 Å². The van der Waals surface area contributed by atoms with Crippen LogP contribution in [0.2, 0.25) is 0 Å². The predicted molar refractivity (Wildman–Crippen MR) is 76.9 cm³/mol. The van der Waals surface area contributed by atoms with Gasteiger partial charge in [-0.15, -0.1) is 0 Å². The fraction of sp³-hybridized carbons (Fsp3) is 0.400. The van der Waals surface area contributed by atoms with E-state index in [1.54, 1.807) is 6.07 Å². The second-order valence-corrected chi connectivity index (χ2v) is 5.65. The smallest absolute Gasteiger partial charge is 0.380 e. The van der Waals surface area contributed by atoms with Crippen molar-refractivity contribution in [3.63, 3.8) is 0 Å². The Labute approximate surface area is 146 Å². The topological polar surface area (TPSA) is 58.0 Å². The van der Waals surface area contributed by atoms with E-state index in [2.05, 4.69) is 5.10 Å². The molecule has 27 heavy (non-hydrogen) atoms. The predicted octanol–water partition coefficient (Wildman–Crippen LogP) is 3.68. The molecule has 1 atom stereocenters. The zero-order valence-electron chi connectivity index (χ0n) is 13.4. The molecule has 2 aromatic rings. The monoisotopic (exact) mass is 404 g/mol. The van der Waals surface area contributed by atoms with E-state index in [9.17, 15) is 45.0 Å². The molecule has 0 saturated heterocycles. The number of H-pyrrole nitrogens is 1. The lowest BCUT2D eigenvalue weighted by molar-refractivity contribution is -0.357. The number of aliphatic hydroxyl groups is 1. The molecule has 0 radical (unpaired) electrons. The van der Waals surface area contributed by atoms with Crippen molar-refractivity contribution < 1.29 is 40.2 Å². The van der Waals surface area contributed by atoms with E-state index in [-0.39, 0.29) is 5.69 Å². The fourth-order valence-corrected chi connectivity index (χ4v) is 2.35. The molecule has 0 spiro atoms. The van der Waals surface area contributed by atoms with Gasteiger partial charge in [-0.05, 0) is 19.1 Å². The van der Waals surface area contributed by atoms with Crippen LogP contribution in [0.25, 0.3) is 5.69 Å². The molecule has 0 bridgehead atoms. The number of alkyl halides is 8. The molecular weight excluding hydrogens is 392 g/mol. The van der Waals surface area contributed by atoms with Crippen LogP contribution in [0.1, 0.15) is 17.4 Å². The molecule has 0 aliphatic carbocycles. The first kappa shape index (κ1) is 20.9. The van der Waals surface area contributed by atoms with Gasteiger partial charge in [-0.3, -0.25) is 9.89 Å². The van der Waals surface area contributed by atoms with Crippen LogP contribution in [0.3, 0.4) is 0 Å². The highest BCUT2D eigenvalue weighted by molar-refractivity contribution is 5.34. The van der Waals surface area contributed by atoms with Crippen molar-refractivity contribution in [1.82, 2.24) is 9.78 Å². The molecule has 1 unspecified atom stereocenters. The number of benzene rings is 1. The standard InChI is InChI=1S/C15H12F8N2O2/c1-7-9(11(27)25(24-7)8-5-3-2-4-6-8)10(26)13(18,19)15(22,23)14(20,21)12(16)17/h2-6,10,12,24,26H,1H3. The zero-order chi connectivity index (χ0) is 20.8. The third-order valence-electron chi connectivity index (χ3n) is 3.86. The Morgan fingerprint density at radius 1 is 1.00 bits per heavy atom. The van der Waals surface area contributed by atoms with E-state index in [1.165, 1.54) is 24.3 Å². The maximum Gasteiger partial charge on any atom is 0.380 e. The number of aromatic nitrogens is 2. The minimum absolute atomic E-state index is 0.0667. The average molecular weight is 404 g/mol. The van der Waals surface area contributed by atoms with Crippen molar-refractivity contribution in [3.05, 3.63) is 51.9 Å². The number of aromatic amines is 1. The van der Waals surface area contributed by atoms with E-state index >= 15 is 0 Å². The van der Waals surface area contributed by atoms with E-state index in [0.717, 1.165) is 6.92 Å². The van der Waals surface area contributed by atoms with Crippen LogP contribution in [-0.2, 0) is 0 Å². The second kappa shape index (κ2) is 6.66. The van der Waals surface area contributed by atoms with Gasteiger partial charge in [0.25, 0.3) is 5.56 Å². The Morgan fingerprint density at radius 3 is 2.00 bits per heavy atom. The van der Waals surface area contributed by atoms with Crippen LogP contribution in [0, 0.1) is 6.92 Å². The Bertz CT molecular complexity index is 860. The number of hydrogen-bond acceptors (Lipinski definition) is 2. The van der Waals surface area contributed by atoms with Gasteiger partial charge in [-0.2, -0.15) is 26.3 Å². The molecule has 1 heterocycles. The Balaban J connectivity index is 2.56. The number of halogens is 8. The summed E-state index contributed by atoms with van der Waals surface area (Å²) in [6.07, 6.45) is -8.90. The highest BCUT2D eigenvalue weighted by Crippen LogP contribution is 2.53. The van der Waals surface area contributed by atoms with E-state index in [4.69, 9.17) is 0 Å². The number of hydrogen-bond donors (Lipinski definition) is 2. The number of rotatable bonds is 6. The number of aliphatic hydroxyl groups excluding tert-OH is 1. The molecule has 0 aliphatic rings. The largest absolute Gasteiger partial charge is 0.382 e. The molecule has 1 aromatic heterocycles. The van der Waals surface area contributed by atoms with Gasteiger partial charge in [-0.25, -0.2) is 13.5 Å². The summed E-state index contributed by atoms with van der Waals surface area (Å²) >= 11 is 0. The molecule has 4 nitrogen and oxygen atoms in total. The lowest BCUT2D eigenvalue weighted by atomic mass is 9.95. The first-order valence-corrected chi connectivity index (χ1v) is 7.23. The third kappa shape index (κ3) is 3.11. The molecular formula is C15H12F8N2O2. The summed E-state index contributed by atoms with van der Waals surface area (Å²) in [6, 6.07) is 7.08. The van der Waals surface area contributed by atoms with Crippen LogP contribution in [0.4, 0.5) is 35.1 Å². The molecule has 0 aliphatic heterocycles. The van der Waals surface area contributed by atoms with Gasteiger partial charge in [0.1, 0.15) is 0 Å². The van der Waals surface area contributed by atoms with E-state index in [0.29, 0.717) is 4.68 Å². The molecule has 2 rings (SSSR count).